The van der Waals surface area contributed by atoms with Gasteiger partial charge in [0.15, 0.2) is 5.79 Å². The molecule has 1 atom stereocenters. The summed E-state index contributed by atoms with van der Waals surface area (Å²) in [7, 11) is 0. The summed E-state index contributed by atoms with van der Waals surface area (Å²) in [4.78, 5) is 0. The maximum absolute atomic E-state index is 6.24. The van der Waals surface area contributed by atoms with Crippen molar-refractivity contribution in [3.63, 3.8) is 0 Å². The van der Waals surface area contributed by atoms with Gasteiger partial charge in [-0.2, -0.15) is 0 Å². The molecule has 3 heteroatoms. The van der Waals surface area contributed by atoms with Crippen LogP contribution in [0.2, 0.25) is 0 Å². The van der Waals surface area contributed by atoms with Crippen molar-refractivity contribution in [3.8, 4) is 5.75 Å². The molecule has 0 bridgehead atoms. The quantitative estimate of drug-likeness (QED) is 0.161. The molecule has 0 amide bonds. The van der Waals surface area contributed by atoms with E-state index in [1.807, 2.05) is 13.8 Å². The maximum Gasteiger partial charge on any atom is 0.163 e. The van der Waals surface area contributed by atoms with Crippen molar-refractivity contribution in [2.75, 3.05) is 13.2 Å². The van der Waals surface area contributed by atoms with Crippen LogP contribution in [-0.4, -0.2) is 25.1 Å². The van der Waals surface area contributed by atoms with Crippen molar-refractivity contribution < 1.29 is 14.2 Å². The normalized spacial score (nSPS) is 17.2. The molecule has 1 aliphatic heterocycles. The molecule has 202 valence electrons. The van der Waals surface area contributed by atoms with Crippen LogP contribution < -0.4 is 4.74 Å². The largest absolute Gasteiger partial charge is 0.491 e. The lowest BCUT2D eigenvalue weighted by Gasteiger charge is -2.18. The van der Waals surface area contributed by atoms with Gasteiger partial charge >= 0.3 is 0 Å². The Morgan fingerprint density at radius 2 is 1.29 bits per heavy atom. The molecule has 0 saturated carbocycles. The zero-order chi connectivity index (χ0) is 25.2. The maximum atomic E-state index is 6.24. The van der Waals surface area contributed by atoms with Crippen LogP contribution in [0.15, 0.2) is 18.2 Å². The van der Waals surface area contributed by atoms with Gasteiger partial charge in [-0.25, -0.2) is 0 Å². The minimum Gasteiger partial charge on any atom is -0.491 e. The Hall–Kier alpha value is -1.06. The highest BCUT2D eigenvalue weighted by atomic mass is 16.7. The highest BCUT2D eigenvalue weighted by Gasteiger charge is 2.33. The van der Waals surface area contributed by atoms with Gasteiger partial charge in [-0.15, -0.1) is 0 Å². The molecule has 1 unspecified atom stereocenters. The van der Waals surface area contributed by atoms with Crippen LogP contribution in [0.1, 0.15) is 142 Å². The Balaban J connectivity index is 1.68. The van der Waals surface area contributed by atoms with Gasteiger partial charge in [0.25, 0.3) is 0 Å². The molecule has 0 N–H and O–H groups in total. The number of rotatable bonds is 21. The van der Waals surface area contributed by atoms with Crippen molar-refractivity contribution in [1.82, 2.24) is 0 Å². The second kappa shape index (κ2) is 18.2. The molecule has 1 fully saturated rings. The van der Waals surface area contributed by atoms with Gasteiger partial charge < -0.3 is 14.2 Å². The minimum absolute atomic E-state index is 0.0127. The lowest BCUT2D eigenvalue weighted by atomic mass is 9.99. The molecule has 0 spiro atoms. The van der Waals surface area contributed by atoms with Crippen molar-refractivity contribution in [3.05, 3.63) is 29.3 Å². The fraction of sp³-hybridized carbons (Fsp3) is 0.812. The molecule has 2 rings (SSSR count). The summed E-state index contributed by atoms with van der Waals surface area (Å²) in [6.07, 6.45) is 24.3. The number of hydrogen-bond donors (Lipinski definition) is 0. The SMILES string of the molecule is CCCCCCCCCCCCCCc1ccc(OCC2COC(C)(C)O2)c(CCCCCC)c1. The molecule has 0 aromatic heterocycles. The molecule has 1 aliphatic rings. The van der Waals surface area contributed by atoms with E-state index in [0.717, 1.165) is 12.2 Å². The van der Waals surface area contributed by atoms with Gasteiger partial charge in [-0.1, -0.05) is 116 Å². The Morgan fingerprint density at radius 1 is 0.743 bits per heavy atom. The molecule has 0 radical (unpaired) electrons. The van der Waals surface area contributed by atoms with E-state index in [-0.39, 0.29) is 6.10 Å². The number of hydrogen-bond acceptors (Lipinski definition) is 3. The second-order valence-electron chi connectivity index (χ2n) is 11.2. The van der Waals surface area contributed by atoms with Crippen molar-refractivity contribution in [1.29, 1.82) is 0 Å². The summed E-state index contributed by atoms with van der Waals surface area (Å²) >= 11 is 0. The second-order valence-corrected chi connectivity index (χ2v) is 11.2. The number of unbranched alkanes of at least 4 members (excludes halogenated alkanes) is 14. The van der Waals surface area contributed by atoms with Gasteiger partial charge in [0.05, 0.1) is 6.61 Å². The lowest BCUT2D eigenvalue weighted by molar-refractivity contribution is -0.141. The Kier molecular flexibility index (Phi) is 15.7. The van der Waals surface area contributed by atoms with Gasteiger partial charge in [0.1, 0.15) is 18.5 Å². The van der Waals surface area contributed by atoms with E-state index in [0.29, 0.717) is 13.2 Å². The zero-order valence-corrected chi connectivity index (χ0v) is 23.7. The third-order valence-corrected chi connectivity index (χ3v) is 7.24. The van der Waals surface area contributed by atoms with E-state index in [4.69, 9.17) is 14.2 Å². The van der Waals surface area contributed by atoms with Crippen LogP contribution in [0.3, 0.4) is 0 Å². The van der Waals surface area contributed by atoms with Crippen molar-refractivity contribution >= 4 is 0 Å². The standard InChI is InChI=1S/C32H56O3/c1-5-7-9-11-12-13-14-15-16-17-18-19-21-28-23-24-31(29(25-28)22-20-10-8-6-2)33-26-30-27-34-32(3,4)35-30/h23-25,30H,5-22,26-27H2,1-4H3. The molecule has 1 heterocycles. The lowest BCUT2D eigenvalue weighted by Crippen LogP contribution is -2.25. The first kappa shape index (κ1) is 30.2. The van der Waals surface area contributed by atoms with Gasteiger partial charge in [0.2, 0.25) is 0 Å². The summed E-state index contributed by atoms with van der Waals surface area (Å²) in [5.41, 5.74) is 2.84. The van der Waals surface area contributed by atoms with Crippen LogP contribution in [0, 0.1) is 0 Å². The van der Waals surface area contributed by atoms with Crippen LogP contribution in [-0.2, 0) is 22.3 Å². The summed E-state index contributed by atoms with van der Waals surface area (Å²) in [5.74, 6) is 0.544. The summed E-state index contributed by atoms with van der Waals surface area (Å²) in [6.45, 7) is 9.67. The predicted octanol–water partition coefficient (Wildman–Crippen LogP) is 9.58. The number of benzene rings is 1. The van der Waals surface area contributed by atoms with Gasteiger partial charge in [0, 0.05) is 0 Å². The highest BCUT2D eigenvalue weighted by Crippen LogP contribution is 2.27. The van der Waals surface area contributed by atoms with E-state index in [1.165, 1.54) is 120 Å². The fourth-order valence-electron chi connectivity index (χ4n) is 5.06. The van der Waals surface area contributed by atoms with E-state index in [9.17, 15) is 0 Å². The average Bonchev–Trinajstić information content (AvgIpc) is 3.20. The topological polar surface area (TPSA) is 27.7 Å². The number of ether oxygens (including phenoxy) is 3. The fourth-order valence-corrected chi connectivity index (χ4v) is 5.06. The predicted molar refractivity (Wildman–Crippen MR) is 149 cm³/mol. The third kappa shape index (κ3) is 13.7. The summed E-state index contributed by atoms with van der Waals surface area (Å²) < 4.78 is 17.9. The van der Waals surface area contributed by atoms with E-state index >= 15 is 0 Å². The first-order chi connectivity index (χ1) is 17.0. The van der Waals surface area contributed by atoms with Gasteiger partial charge in [-0.05, 0) is 56.7 Å². The number of aryl methyl sites for hydroxylation is 2. The van der Waals surface area contributed by atoms with Crippen LogP contribution >= 0.6 is 0 Å². The molecule has 1 aromatic rings. The van der Waals surface area contributed by atoms with E-state index in [2.05, 4.69) is 32.0 Å². The third-order valence-electron chi connectivity index (χ3n) is 7.24. The van der Waals surface area contributed by atoms with E-state index in [1.54, 1.807) is 0 Å². The van der Waals surface area contributed by atoms with Crippen LogP contribution in [0.25, 0.3) is 0 Å². The Labute approximate surface area is 217 Å². The highest BCUT2D eigenvalue weighted by molar-refractivity contribution is 5.37. The summed E-state index contributed by atoms with van der Waals surface area (Å²) in [5, 5.41) is 0. The molecular formula is C32H56O3. The van der Waals surface area contributed by atoms with Crippen molar-refractivity contribution in [2.24, 2.45) is 0 Å². The molecule has 1 aromatic carbocycles. The molecule has 35 heavy (non-hydrogen) atoms. The molecule has 1 saturated heterocycles. The molecule has 0 aliphatic carbocycles. The zero-order valence-electron chi connectivity index (χ0n) is 23.7. The molecular weight excluding hydrogens is 432 g/mol. The van der Waals surface area contributed by atoms with Crippen LogP contribution in [0.5, 0.6) is 5.75 Å². The van der Waals surface area contributed by atoms with Gasteiger partial charge in [-0.3, -0.25) is 0 Å². The smallest absolute Gasteiger partial charge is 0.163 e. The van der Waals surface area contributed by atoms with E-state index < -0.39 is 5.79 Å². The average molecular weight is 489 g/mol. The van der Waals surface area contributed by atoms with Crippen LogP contribution in [0.4, 0.5) is 0 Å². The van der Waals surface area contributed by atoms with Crippen molar-refractivity contribution in [2.45, 2.75) is 155 Å². The first-order valence-electron chi connectivity index (χ1n) is 15.1. The summed E-state index contributed by atoms with van der Waals surface area (Å²) in [6, 6.07) is 6.89. The Bertz CT molecular complexity index is 654. The monoisotopic (exact) mass is 488 g/mol. The Morgan fingerprint density at radius 3 is 1.86 bits per heavy atom. The molecule has 3 nitrogen and oxygen atoms in total. The minimum atomic E-state index is -0.491. The first-order valence-corrected chi connectivity index (χ1v) is 15.1.